The highest BCUT2D eigenvalue weighted by Gasteiger charge is 2.07. The largest absolute Gasteiger partial charge is 0.494 e. The van der Waals surface area contributed by atoms with Crippen LogP contribution in [-0.4, -0.2) is 24.6 Å². The topological polar surface area (TPSA) is 79.8 Å². The van der Waals surface area contributed by atoms with Crippen LogP contribution in [0.5, 0.6) is 5.75 Å². The van der Waals surface area contributed by atoms with Crippen LogP contribution >= 0.6 is 0 Å². The summed E-state index contributed by atoms with van der Waals surface area (Å²) in [6, 6.07) is 22.9. The fraction of sp³-hybridized carbons (Fsp3) is 0.0870. The molecule has 0 unspecified atom stereocenters. The minimum Gasteiger partial charge on any atom is -0.494 e. The summed E-state index contributed by atoms with van der Waals surface area (Å²) in [7, 11) is 0. The summed E-state index contributed by atoms with van der Waals surface area (Å²) in [6.07, 6.45) is 1.56. The Morgan fingerprint density at radius 3 is 2.17 bits per heavy atom. The molecule has 0 radical (unpaired) electrons. The van der Waals surface area contributed by atoms with Crippen molar-refractivity contribution in [1.82, 2.24) is 5.43 Å². The van der Waals surface area contributed by atoms with Gasteiger partial charge in [0, 0.05) is 16.8 Å². The molecule has 0 heterocycles. The summed E-state index contributed by atoms with van der Waals surface area (Å²) in [5.74, 6) is 0.240. The molecule has 0 aliphatic carbocycles. The molecule has 3 rings (SSSR count). The molecule has 0 atom stereocenters. The summed E-state index contributed by atoms with van der Waals surface area (Å²) in [5, 5.41) is 6.76. The summed E-state index contributed by atoms with van der Waals surface area (Å²) < 4.78 is 5.38. The minimum atomic E-state index is -0.340. The van der Waals surface area contributed by atoms with Gasteiger partial charge < -0.3 is 10.1 Å². The number of rotatable bonds is 7. The predicted octanol–water partition coefficient (Wildman–Crippen LogP) is 4.10. The summed E-state index contributed by atoms with van der Waals surface area (Å²) >= 11 is 0. The number of nitrogens with zero attached hydrogens (tertiary/aromatic N) is 1. The Hall–Kier alpha value is -3.93. The maximum absolute atomic E-state index is 12.2. The van der Waals surface area contributed by atoms with Crippen LogP contribution in [-0.2, 0) is 0 Å². The van der Waals surface area contributed by atoms with E-state index in [1.807, 2.05) is 37.3 Å². The predicted molar refractivity (Wildman–Crippen MR) is 114 cm³/mol. The molecule has 3 aromatic rings. The van der Waals surface area contributed by atoms with Gasteiger partial charge >= 0.3 is 0 Å². The Morgan fingerprint density at radius 2 is 1.52 bits per heavy atom. The van der Waals surface area contributed by atoms with Crippen molar-refractivity contribution >= 4 is 23.7 Å². The molecule has 0 bridgehead atoms. The Bertz CT molecular complexity index is 982. The first-order valence-electron chi connectivity index (χ1n) is 9.18. The highest BCUT2D eigenvalue weighted by atomic mass is 16.5. The second kappa shape index (κ2) is 9.85. The van der Waals surface area contributed by atoms with Gasteiger partial charge in [-0.25, -0.2) is 5.43 Å². The van der Waals surface area contributed by atoms with E-state index in [1.165, 1.54) is 0 Å². The maximum atomic E-state index is 12.2. The van der Waals surface area contributed by atoms with Gasteiger partial charge in [-0.1, -0.05) is 18.2 Å². The number of carbonyl (C=O) groups excluding carboxylic acids is 2. The number of carbonyl (C=O) groups is 2. The van der Waals surface area contributed by atoms with Gasteiger partial charge in [-0.05, 0) is 73.2 Å². The maximum Gasteiger partial charge on any atom is 0.271 e. The number of nitrogens with one attached hydrogen (secondary N) is 2. The third-order valence-corrected chi connectivity index (χ3v) is 4.01. The Labute approximate surface area is 169 Å². The van der Waals surface area contributed by atoms with Crippen molar-refractivity contribution in [3.63, 3.8) is 0 Å². The molecular weight excluding hydrogens is 366 g/mol. The minimum absolute atomic E-state index is 0.206. The fourth-order valence-corrected chi connectivity index (χ4v) is 2.54. The molecular formula is C23H21N3O3. The Morgan fingerprint density at radius 1 is 0.862 bits per heavy atom. The van der Waals surface area contributed by atoms with Crippen LogP contribution in [0.25, 0.3) is 0 Å². The van der Waals surface area contributed by atoms with E-state index in [9.17, 15) is 9.59 Å². The van der Waals surface area contributed by atoms with Crippen LogP contribution in [0.3, 0.4) is 0 Å². The summed E-state index contributed by atoms with van der Waals surface area (Å²) in [5.41, 5.74) is 4.93. The quantitative estimate of drug-likeness (QED) is 0.473. The second-order valence-corrected chi connectivity index (χ2v) is 6.10. The lowest BCUT2D eigenvalue weighted by molar-refractivity contribution is 0.0954. The van der Waals surface area contributed by atoms with Crippen LogP contribution < -0.4 is 15.5 Å². The molecule has 0 aliphatic rings. The lowest BCUT2D eigenvalue weighted by Gasteiger charge is -2.06. The molecule has 0 spiro atoms. The molecule has 0 saturated heterocycles. The fourth-order valence-electron chi connectivity index (χ4n) is 2.54. The van der Waals surface area contributed by atoms with E-state index in [4.69, 9.17) is 4.74 Å². The van der Waals surface area contributed by atoms with Crippen LogP contribution in [0.2, 0.25) is 0 Å². The van der Waals surface area contributed by atoms with E-state index < -0.39 is 0 Å². The van der Waals surface area contributed by atoms with Gasteiger partial charge in [0.2, 0.25) is 0 Å². The molecule has 0 aliphatic heterocycles. The van der Waals surface area contributed by atoms with E-state index in [2.05, 4.69) is 15.8 Å². The van der Waals surface area contributed by atoms with E-state index in [0.717, 1.165) is 11.3 Å². The van der Waals surface area contributed by atoms with E-state index in [-0.39, 0.29) is 11.8 Å². The molecule has 146 valence electrons. The van der Waals surface area contributed by atoms with Gasteiger partial charge in [-0.15, -0.1) is 0 Å². The third kappa shape index (κ3) is 5.77. The van der Waals surface area contributed by atoms with Gasteiger partial charge in [0.25, 0.3) is 11.8 Å². The standard InChI is InChI=1S/C23H21N3O3/c1-2-29-21-14-8-17(9-15-21)16-24-26-23(28)19-10-12-20(13-11-19)25-22(27)18-6-4-3-5-7-18/h3-16H,2H2,1H3,(H,25,27)(H,26,28)/b24-16+. The van der Waals surface area contributed by atoms with Gasteiger partial charge in [0.15, 0.2) is 0 Å². The highest BCUT2D eigenvalue weighted by molar-refractivity contribution is 6.04. The highest BCUT2D eigenvalue weighted by Crippen LogP contribution is 2.12. The zero-order valence-corrected chi connectivity index (χ0v) is 16.0. The van der Waals surface area contributed by atoms with Crippen molar-refractivity contribution in [3.05, 3.63) is 95.6 Å². The van der Waals surface area contributed by atoms with E-state index in [0.29, 0.717) is 23.4 Å². The third-order valence-electron chi connectivity index (χ3n) is 4.01. The molecule has 0 fully saturated rings. The molecule has 29 heavy (non-hydrogen) atoms. The average Bonchev–Trinajstić information content (AvgIpc) is 2.76. The number of ether oxygens (including phenoxy) is 1. The summed E-state index contributed by atoms with van der Waals surface area (Å²) in [4.78, 5) is 24.3. The average molecular weight is 387 g/mol. The molecule has 2 amide bonds. The lowest BCUT2D eigenvalue weighted by atomic mass is 10.1. The second-order valence-electron chi connectivity index (χ2n) is 6.10. The van der Waals surface area contributed by atoms with Crippen molar-refractivity contribution in [2.75, 3.05) is 11.9 Å². The number of hydrogen-bond donors (Lipinski definition) is 2. The van der Waals surface area contributed by atoms with E-state index in [1.54, 1.807) is 54.7 Å². The van der Waals surface area contributed by atoms with Crippen molar-refractivity contribution in [1.29, 1.82) is 0 Å². The monoisotopic (exact) mass is 387 g/mol. The summed E-state index contributed by atoms with van der Waals surface area (Å²) in [6.45, 7) is 2.53. The number of hydrogen-bond acceptors (Lipinski definition) is 4. The lowest BCUT2D eigenvalue weighted by Crippen LogP contribution is -2.17. The molecule has 0 saturated carbocycles. The van der Waals surface area contributed by atoms with Gasteiger partial charge in [-0.3, -0.25) is 9.59 Å². The van der Waals surface area contributed by atoms with Crippen LogP contribution in [0.15, 0.2) is 84.0 Å². The van der Waals surface area contributed by atoms with Crippen LogP contribution in [0, 0.1) is 0 Å². The Kier molecular flexibility index (Phi) is 6.73. The van der Waals surface area contributed by atoms with Gasteiger partial charge in [0.1, 0.15) is 5.75 Å². The number of amides is 2. The molecule has 0 aromatic heterocycles. The molecule has 6 nitrogen and oxygen atoms in total. The normalized spacial score (nSPS) is 10.5. The first-order chi connectivity index (χ1) is 14.2. The van der Waals surface area contributed by atoms with Crippen molar-refractivity contribution in [3.8, 4) is 5.75 Å². The van der Waals surface area contributed by atoms with Crippen molar-refractivity contribution in [2.45, 2.75) is 6.92 Å². The molecule has 2 N–H and O–H groups in total. The zero-order chi connectivity index (χ0) is 20.5. The molecule has 6 heteroatoms. The zero-order valence-electron chi connectivity index (χ0n) is 16.0. The van der Waals surface area contributed by atoms with Crippen molar-refractivity contribution in [2.24, 2.45) is 5.10 Å². The molecule has 3 aromatic carbocycles. The van der Waals surface area contributed by atoms with Gasteiger partial charge in [0.05, 0.1) is 12.8 Å². The Balaban J connectivity index is 1.54. The smallest absolute Gasteiger partial charge is 0.271 e. The SMILES string of the molecule is CCOc1ccc(/C=N/NC(=O)c2ccc(NC(=O)c3ccccc3)cc2)cc1. The van der Waals surface area contributed by atoms with E-state index >= 15 is 0 Å². The number of hydrazone groups is 1. The van der Waals surface area contributed by atoms with Gasteiger partial charge in [-0.2, -0.15) is 5.10 Å². The number of benzene rings is 3. The van der Waals surface area contributed by atoms with Crippen molar-refractivity contribution < 1.29 is 14.3 Å². The van der Waals surface area contributed by atoms with Crippen LogP contribution in [0.1, 0.15) is 33.2 Å². The first kappa shape index (κ1) is 19.8. The van der Waals surface area contributed by atoms with Crippen LogP contribution in [0.4, 0.5) is 5.69 Å². The first-order valence-corrected chi connectivity index (χ1v) is 9.18. The number of anilines is 1.